The first-order chi connectivity index (χ1) is 12.2. The van der Waals surface area contributed by atoms with Gasteiger partial charge in [0.25, 0.3) is 5.91 Å². The molecular weight excluding hydrogens is 339 g/mol. The second-order valence-electron chi connectivity index (χ2n) is 5.38. The van der Waals surface area contributed by atoms with Crippen LogP contribution in [0.2, 0.25) is 0 Å². The maximum atomic E-state index is 13.0. The van der Waals surface area contributed by atoms with Crippen LogP contribution >= 0.6 is 11.3 Å². The second-order valence-corrected chi connectivity index (χ2v) is 6.23. The second kappa shape index (κ2) is 7.90. The van der Waals surface area contributed by atoms with E-state index in [0.717, 1.165) is 12.0 Å². The Morgan fingerprint density at radius 2 is 2.04 bits per heavy atom. The summed E-state index contributed by atoms with van der Waals surface area (Å²) in [6, 6.07) is 13.1. The standard InChI is InChI=1S/C19H17FN2O2S/c1-2-10-24-16-5-3-4-14(11-16)18(23)22-19-21-17(12-25-19)13-6-8-15(20)9-7-13/h3-9,11-12H,2,10H2,1H3,(H,21,22,23). The summed E-state index contributed by atoms with van der Waals surface area (Å²) < 4.78 is 18.5. The van der Waals surface area contributed by atoms with Gasteiger partial charge >= 0.3 is 0 Å². The van der Waals surface area contributed by atoms with Crippen LogP contribution in [-0.2, 0) is 0 Å². The number of nitrogens with zero attached hydrogens (tertiary/aromatic N) is 1. The van der Waals surface area contributed by atoms with Gasteiger partial charge in [0.1, 0.15) is 11.6 Å². The van der Waals surface area contributed by atoms with E-state index in [0.29, 0.717) is 28.7 Å². The van der Waals surface area contributed by atoms with Gasteiger partial charge in [-0.15, -0.1) is 11.3 Å². The Hall–Kier alpha value is -2.73. The maximum Gasteiger partial charge on any atom is 0.257 e. The first-order valence-corrected chi connectivity index (χ1v) is 8.79. The number of nitrogens with one attached hydrogen (secondary N) is 1. The van der Waals surface area contributed by atoms with Crippen molar-refractivity contribution in [3.63, 3.8) is 0 Å². The zero-order chi connectivity index (χ0) is 17.6. The molecule has 0 spiro atoms. The zero-order valence-electron chi connectivity index (χ0n) is 13.7. The van der Waals surface area contributed by atoms with E-state index in [1.54, 1.807) is 30.3 Å². The largest absolute Gasteiger partial charge is 0.494 e. The number of amides is 1. The molecule has 1 heterocycles. The summed E-state index contributed by atoms with van der Waals surface area (Å²) in [6.45, 7) is 2.64. The molecule has 4 nitrogen and oxygen atoms in total. The summed E-state index contributed by atoms with van der Waals surface area (Å²) in [5, 5.41) is 5.09. The van der Waals surface area contributed by atoms with Crippen LogP contribution in [0.1, 0.15) is 23.7 Å². The van der Waals surface area contributed by atoms with Crippen LogP contribution in [0, 0.1) is 5.82 Å². The molecule has 0 fully saturated rings. The first-order valence-electron chi connectivity index (χ1n) is 7.91. The lowest BCUT2D eigenvalue weighted by atomic mass is 10.2. The van der Waals surface area contributed by atoms with E-state index in [4.69, 9.17) is 4.74 Å². The Kier molecular flexibility index (Phi) is 5.40. The number of aromatic nitrogens is 1. The van der Waals surface area contributed by atoms with Crippen LogP contribution < -0.4 is 10.1 Å². The average molecular weight is 356 g/mol. The fourth-order valence-electron chi connectivity index (χ4n) is 2.20. The van der Waals surface area contributed by atoms with Gasteiger partial charge in [-0.1, -0.05) is 13.0 Å². The predicted molar refractivity (Wildman–Crippen MR) is 97.7 cm³/mol. The van der Waals surface area contributed by atoms with Gasteiger partial charge in [-0.2, -0.15) is 0 Å². The number of carbonyl (C=O) groups is 1. The quantitative estimate of drug-likeness (QED) is 0.677. The van der Waals surface area contributed by atoms with E-state index in [9.17, 15) is 9.18 Å². The smallest absolute Gasteiger partial charge is 0.257 e. The summed E-state index contributed by atoms with van der Waals surface area (Å²) in [7, 11) is 0. The van der Waals surface area contributed by atoms with Gasteiger partial charge < -0.3 is 4.74 Å². The molecule has 25 heavy (non-hydrogen) atoms. The van der Waals surface area contributed by atoms with E-state index in [1.807, 2.05) is 18.4 Å². The van der Waals surface area contributed by atoms with Crippen LogP contribution in [0.25, 0.3) is 11.3 Å². The third-order valence-electron chi connectivity index (χ3n) is 3.43. The van der Waals surface area contributed by atoms with Gasteiger partial charge in [-0.05, 0) is 48.9 Å². The lowest BCUT2D eigenvalue weighted by molar-refractivity contribution is 0.102. The third kappa shape index (κ3) is 4.42. The van der Waals surface area contributed by atoms with Gasteiger partial charge in [-0.25, -0.2) is 9.37 Å². The number of hydrogen-bond donors (Lipinski definition) is 1. The van der Waals surface area contributed by atoms with Crippen molar-refractivity contribution in [2.45, 2.75) is 13.3 Å². The molecule has 0 unspecified atom stereocenters. The third-order valence-corrected chi connectivity index (χ3v) is 4.19. The monoisotopic (exact) mass is 356 g/mol. The SMILES string of the molecule is CCCOc1cccc(C(=O)Nc2nc(-c3ccc(F)cc3)cs2)c1. The number of carbonyl (C=O) groups excluding carboxylic acids is 1. The van der Waals surface area contributed by atoms with Crippen molar-refractivity contribution in [2.24, 2.45) is 0 Å². The van der Waals surface area contributed by atoms with Crippen molar-refractivity contribution in [1.29, 1.82) is 0 Å². The van der Waals surface area contributed by atoms with Crippen LogP contribution in [-0.4, -0.2) is 17.5 Å². The fourth-order valence-corrected chi connectivity index (χ4v) is 2.92. The minimum atomic E-state index is -0.294. The van der Waals surface area contributed by atoms with E-state index in [1.165, 1.54) is 23.5 Å². The average Bonchev–Trinajstić information content (AvgIpc) is 3.09. The van der Waals surface area contributed by atoms with Gasteiger partial charge in [-0.3, -0.25) is 10.1 Å². The highest BCUT2D eigenvalue weighted by Gasteiger charge is 2.11. The molecule has 0 saturated carbocycles. The molecule has 0 saturated heterocycles. The van der Waals surface area contributed by atoms with Crippen molar-refractivity contribution in [3.05, 3.63) is 65.3 Å². The van der Waals surface area contributed by atoms with E-state index in [-0.39, 0.29) is 11.7 Å². The highest BCUT2D eigenvalue weighted by molar-refractivity contribution is 7.14. The molecule has 1 N–H and O–H groups in total. The Labute approximate surface area is 149 Å². The molecule has 0 aliphatic heterocycles. The van der Waals surface area contributed by atoms with Crippen LogP contribution in [0.4, 0.5) is 9.52 Å². The lowest BCUT2D eigenvalue weighted by Gasteiger charge is -2.06. The van der Waals surface area contributed by atoms with Gasteiger partial charge in [0.05, 0.1) is 12.3 Å². The molecule has 6 heteroatoms. The van der Waals surface area contributed by atoms with Crippen LogP contribution in [0.15, 0.2) is 53.9 Å². The Balaban J connectivity index is 1.70. The summed E-state index contributed by atoms with van der Waals surface area (Å²) in [5.41, 5.74) is 2.00. The van der Waals surface area contributed by atoms with Crippen LogP contribution in [0.5, 0.6) is 5.75 Å². The number of ether oxygens (including phenoxy) is 1. The first kappa shape index (κ1) is 17.1. The molecule has 2 aromatic carbocycles. The number of hydrogen-bond acceptors (Lipinski definition) is 4. The molecule has 0 aliphatic carbocycles. The number of rotatable bonds is 6. The lowest BCUT2D eigenvalue weighted by Crippen LogP contribution is -2.11. The number of halogens is 1. The van der Waals surface area contributed by atoms with Gasteiger partial charge in [0.2, 0.25) is 0 Å². The number of benzene rings is 2. The Morgan fingerprint density at radius 1 is 1.24 bits per heavy atom. The molecule has 128 valence electrons. The van der Waals surface area contributed by atoms with Crippen LogP contribution in [0.3, 0.4) is 0 Å². The normalized spacial score (nSPS) is 10.5. The van der Waals surface area contributed by atoms with E-state index >= 15 is 0 Å². The van der Waals surface area contributed by atoms with E-state index in [2.05, 4.69) is 10.3 Å². The van der Waals surface area contributed by atoms with Crippen molar-refractivity contribution in [3.8, 4) is 17.0 Å². The van der Waals surface area contributed by atoms with Gasteiger partial charge in [0, 0.05) is 16.5 Å². The molecular formula is C19H17FN2O2S. The molecule has 0 radical (unpaired) electrons. The molecule has 3 aromatic rings. The molecule has 1 aromatic heterocycles. The molecule has 3 rings (SSSR count). The zero-order valence-corrected chi connectivity index (χ0v) is 14.5. The number of thiazole rings is 1. The maximum absolute atomic E-state index is 13.0. The minimum Gasteiger partial charge on any atom is -0.494 e. The summed E-state index contributed by atoms with van der Waals surface area (Å²) in [4.78, 5) is 16.8. The van der Waals surface area contributed by atoms with Crippen molar-refractivity contribution in [2.75, 3.05) is 11.9 Å². The van der Waals surface area contributed by atoms with E-state index < -0.39 is 0 Å². The summed E-state index contributed by atoms with van der Waals surface area (Å²) in [6.07, 6.45) is 0.904. The molecule has 0 aliphatic rings. The highest BCUT2D eigenvalue weighted by Crippen LogP contribution is 2.25. The van der Waals surface area contributed by atoms with Gasteiger partial charge in [0.15, 0.2) is 5.13 Å². The molecule has 1 amide bonds. The highest BCUT2D eigenvalue weighted by atomic mass is 32.1. The minimum absolute atomic E-state index is 0.248. The Morgan fingerprint density at radius 3 is 2.80 bits per heavy atom. The summed E-state index contributed by atoms with van der Waals surface area (Å²) in [5.74, 6) is 0.125. The predicted octanol–water partition coefficient (Wildman–Crippen LogP) is 4.99. The van der Waals surface area contributed by atoms with Crippen molar-refractivity contribution >= 4 is 22.4 Å². The Bertz CT molecular complexity index is 862. The number of anilines is 1. The molecule has 0 bridgehead atoms. The molecule has 0 atom stereocenters. The van der Waals surface area contributed by atoms with Crippen molar-refractivity contribution in [1.82, 2.24) is 4.98 Å². The fraction of sp³-hybridized carbons (Fsp3) is 0.158. The van der Waals surface area contributed by atoms with Crippen molar-refractivity contribution < 1.29 is 13.9 Å². The summed E-state index contributed by atoms with van der Waals surface area (Å²) >= 11 is 1.32. The topological polar surface area (TPSA) is 51.2 Å².